The quantitative estimate of drug-likeness (QED) is 0.706. The van der Waals surface area contributed by atoms with E-state index in [4.69, 9.17) is 9.29 Å². The van der Waals surface area contributed by atoms with Crippen molar-refractivity contribution in [2.75, 3.05) is 7.11 Å². The van der Waals surface area contributed by atoms with Crippen molar-refractivity contribution in [3.05, 3.63) is 29.8 Å². The second-order valence-corrected chi connectivity index (χ2v) is 2.83. The summed E-state index contributed by atoms with van der Waals surface area (Å²) in [5.41, 5.74) is 1.08. The van der Waals surface area contributed by atoms with E-state index in [-0.39, 0.29) is 0 Å². The maximum Gasteiger partial charge on any atom is 0.0713 e. The highest BCUT2D eigenvalue weighted by atomic mass is 32.2. The van der Waals surface area contributed by atoms with Gasteiger partial charge in [0.2, 0.25) is 0 Å². The first-order valence-corrected chi connectivity index (χ1v) is 4.03. The lowest BCUT2D eigenvalue weighted by Crippen LogP contribution is -1.86. The van der Waals surface area contributed by atoms with E-state index in [1.807, 2.05) is 24.3 Å². The number of methoxy groups -OCH3 is 1. The summed E-state index contributed by atoms with van der Waals surface area (Å²) in [6.45, 7) is 0.592. The highest BCUT2D eigenvalue weighted by molar-refractivity contribution is 7.93. The van der Waals surface area contributed by atoms with Crippen LogP contribution in [0.15, 0.2) is 29.2 Å². The zero-order chi connectivity index (χ0) is 8.10. The molecule has 0 aliphatic carbocycles. The van der Waals surface area contributed by atoms with Gasteiger partial charge in [0.05, 0.1) is 6.61 Å². The van der Waals surface area contributed by atoms with Gasteiger partial charge in [0.15, 0.2) is 0 Å². The lowest BCUT2D eigenvalue weighted by molar-refractivity contribution is 0.184. The summed E-state index contributed by atoms with van der Waals surface area (Å²) in [6, 6.07) is 7.61. The molecule has 0 fully saturated rings. The van der Waals surface area contributed by atoms with Crippen LogP contribution in [0.3, 0.4) is 0 Å². The fourth-order valence-electron chi connectivity index (χ4n) is 0.859. The minimum atomic E-state index is 0.592. The van der Waals surface area contributed by atoms with Crippen LogP contribution in [0.5, 0.6) is 0 Å². The van der Waals surface area contributed by atoms with Gasteiger partial charge >= 0.3 is 0 Å². The van der Waals surface area contributed by atoms with Gasteiger partial charge in [0.1, 0.15) is 0 Å². The van der Waals surface area contributed by atoms with E-state index in [1.54, 1.807) is 7.11 Å². The maximum atomic E-state index is 8.71. The molecule has 2 nitrogen and oxygen atoms in total. The minimum absolute atomic E-state index is 0.592. The smallest absolute Gasteiger partial charge is 0.0713 e. The fraction of sp³-hybridized carbons (Fsp3) is 0.250. The molecule has 0 amide bonds. The lowest BCUT2D eigenvalue weighted by Gasteiger charge is -1.99. The Morgan fingerprint density at radius 1 is 1.55 bits per heavy atom. The molecule has 3 heteroatoms. The molecule has 0 heterocycles. The zero-order valence-electron chi connectivity index (χ0n) is 6.28. The number of ether oxygens (including phenoxy) is 1. The highest BCUT2D eigenvalue weighted by Crippen LogP contribution is 2.15. The van der Waals surface area contributed by atoms with Crippen molar-refractivity contribution in [3.63, 3.8) is 0 Å². The zero-order valence-corrected chi connectivity index (χ0v) is 7.10. The Morgan fingerprint density at radius 2 is 2.36 bits per heavy atom. The van der Waals surface area contributed by atoms with Gasteiger partial charge < -0.3 is 9.29 Å². The van der Waals surface area contributed by atoms with Crippen molar-refractivity contribution in [2.45, 2.75) is 11.5 Å². The van der Waals surface area contributed by atoms with Crippen molar-refractivity contribution in [2.24, 2.45) is 0 Å². The standard InChI is InChI=1S/C8H10O2S/c1-10-6-7-3-2-4-8(5-7)11-9/h2-5,9H,6H2,1H3. The molecule has 1 N–H and O–H groups in total. The molecular formula is C8H10O2S. The molecule has 0 radical (unpaired) electrons. The first-order chi connectivity index (χ1) is 5.36. The Bertz CT molecular complexity index is 225. The van der Waals surface area contributed by atoms with Crippen molar-refractivity contribution in [1.29, 1.82) is 0 Å². The molecule has 60 valence electrons. The SMILES string of the molecule is COCc1cccc(SO)c1. The van der Waals surface area contributed by atoms with Crippen molar-refractivity contribution in [3.8, 4) is 0 Å². The lowest BCUT2D eigenvalue weighted by atomic mass is 10.2. The molecule has 1 aromatic carbocycles. The predicted octanol–water partition coefficient (Wildman–Crippen LogP) is 2.40. The van der Waals surface area contributed by atoms with Gasteiger partial charge in [-0.25, -0.2) is 0 Å². The van der Waals surface area contributed by atoms with Crippen LogP contribution in [0.2, 0.25) is 0 Å². The van der Waals surface area contributed by atoms with Gasteiger partial charge in [-0.3, -0.25) is 0 Å². The Hall–Kier alpha value is -0.510. The Kier molecular flexibility index (Phi) is 3.42. The van der Waals surface area contributed by atoms with E-state index in [9.17, 15) is 0 Å². The average Bonchev–Trinajstić information content (AvgIpc) is 2.06. The molecule has 0 saturated carbocycles. The number of benzene rings is 1. The number of hydrogen-bond acceptors (Lipinski definition) is 3. The van der Waals surface area contributed by atoms with E-state index in [2.05, 4.69) is 0 Å². The van der Waals surface area contributed by atoms with E-state index in [0.717, 1.165) is 22.5 Å². The van der Waals surface area contributed by atoms with Crippen LogP contribution in [-0.2, 0) is 11.3 Å². The molecule has 0 aromatic heterocycles. The van der Waals surface area contributed by atoms with E-state index in [0.29, 0.717) is 6.61 Å². The van der Waals surface area contributed by atoms with Crippen LogP contribution in [-0.4, -0.2) is 11.7 Å². The molecule has 0 unspecified atom stereocenters. The van der Waals surface area contributed by atoms with Gasteiger partial charge in [0.25, 0.3) is 0 Å². The summed E-state index contributed by atoms with van der Waals surface area (Å²) in [5, 5.41) is 0. The van der Waals surface area contributed by atoms with Crippen molar-refractivity contribution in [1.82, 2.24) is 0 Å². The molecule has 0 aliphatic heterocycles. The molecule has 0 atom stereocenters. The topological polar surface area (TPSA) is 29.5 Å². The Morgan fingerprint density at radius 3 is 3.00 bits per heavy atom. The van der Waals surface area contributed by atoms with Gasteiger partial charge in [-0.05, 0) is 17.7 Å². The second-order valence-electron chi connectivity index (χ2n) is 2.17. The monoisotopic (exact) mass is 170 g/mol. The van der Waals surface area contributed by atoms with Crippen LogP contribution >= 0.6 is 12.0 Å². The molecular weight excluding hydrogens is 160 g/mol. The van der Waals surface area contributed by atoms with E-state index < -0.39 is 0 Å². The van der Waals surface area contributed by atoms with E-state index in [1.165, 1.54) is 0 Å². The van der Waals surface area contributed by atoms with Crippen molar-refractivity contribution < 1.29 is 9.29 Å². The highest BCUT2D eigenvalue weighted by Gasteiger charge is 1.93. The third kappa shape index (κ3) is 2.54. The van der Waals surface area contributed by atoms with Crippen LogP contribution in [0.4, 0.5) is 0 Å². The Balaban J connectivity index is 2.74. The number of hydrogen-bond donors (Lipinski definition) is 1. The first-order valence-electron chi connectivity index (χ1n) is 3.26. The molecule has 0 aliphatic rings. The van der Waals surface area contributed by atoms with Gasteiger partial charge in [-0.2, -0.15) is 0 Å². The normalized spacial score (nSPS) is 10.0. The first kappa shape index (κ1) is 8.59. The Labute approximate surface area is 70.4 Å². The average molecular weight is 170 g/mol. The van der Waals surface area contributed by atoms with Gasteiger partial charge in [0, 0.05) is 24.0 Å². The summed E-state index contributed by atoms with van der Waals surface area (Å²) in [4.78, 5) is 0.847. The molecule has 11 heavy (non-hydrogen) atoms. The number of rotatable bonds is 3. The molecule has 0 spiro atoms. The largest absolute Gasteiger partial charge is 0.380 e. The summed E-state index contributed by atoms with van der Waals surface area (Å²) in [7, 11) is 1.65. The third-order valence-electron chi connectivity index (χ3n) is 1.31. The van der Waals surface area contributed by atoms with Crippen LogP contribution in [0.1, 0.15) is 5.56 Å². The van der Waals surface area contributed by atoms with E-state index >= 15 is 0 Å². The van der Waals surface area contributed by atoms with Crippen LogP contribution < -0.4 is 0 Å². The van der Waals surface area contributed by atoms with Gasteiger partial charge in [-0.1, -0.05) is 12.1 Å². The fourth-order valence-corrected chi connectivity index (χ4v) is 1.20. The van der Waals surface area contributed by atoms with Crippen molar-refractivity contribution >= 4 is 12.0 Å². The summed E-state index contributed by atoms with van der Waals surface area (Å²) in [5.74, 6) is 0. The minimum Gasteiger partial charge on any atom is -0.380 e. The molecule has 0 bridgehead atoms. The van der Waals surface area contributed by atoms with Gasteiger partial charge in [-0.15, -0.1) is 0 Å². The second kappa shape index (κ2) is 4.38. The summed E-state index contributed by atoms with van der Waals surface area (Å²) in [6.07, 6.45) is 0. The molecule has 1 aromatic rings. The predicted molar refractivity (Wildman–Crippen MR) is 45.6 cm³/mol. The molecule has 0 saturated heterocycles. The summed E-state index contributed by atoms with van der Waals surface area (Å²) >= 11 is 0.753. The molecule has 1 rings (SSSR count). The van der Waals surface area contributed by atoms with Crippen LogP contribution in [0.25, 0.3) is 0 Å². The summed E-state index contributed by atoms with van der Waals surface area (Å²) < 4.78 is 13.6. The maximum absolute atomic E-state index is 8.71. The third-order valence-corrected chi connectivity index (χ3v) is 1.78. The van der Waals surface area contributed by atoms with Crippen LogP contribution in [0, 0.1) is 0 Å².